The third-order valence-corrected chi connectivity index (χ3v) is 7.65. The number of nitrogen functional groups attached to an aromatic ring is 1. The number of carbonyl (C=O) groups excluding carboxylic acids is 1. The van der Waals surface area contributed by atoms with Gasteiger partial charge in [0.15, 0.2) is 11.7 Å². The molecule has 0 saturated carbocycles. The first-order chi connectivity index (χ1) is 20.0. The number of pyridine rings is 1. The Hall–Kier alpha value is -3.78. The Balaban J connectivity index is 1.96. The summed E-state index contributed by atoms with van der Waals surface area (Å²) in [5.74, 6) is -1.02. The molecule has 3 N–H and O–H groups in total. The highest BCUT2D eigenvalue weighted by Crippen LogP contribution is 2.33. The fraction of sp³-hybridized carbons (Fsp3) is 0.321. The number of nitrogens with zero attached hydrogens (tertiary/aromatic N) is 6. The van der Waals surface area contributed by atoms with E-state index in [1.54, 1.807) is 11.0 Å². The van der Waals surface area contributed by atoms with Gasteiger partial charge in [-0.05, 0) is 38.1 Å². The zero-order valence-electron chi connectivity index (χ0n) is 23.6. The molecule has 1 aliphatic rings. The molecule has 0 spiro atoms. The smallest absolute Gasteiger partial charge is 0.246 e. The molecule has 42 heavy (non-hydrogen) atoms. The summed E-state index contributed by atoms with van der Waals surface area (Å²) in [5, 5.41) is 13.8. The number of carbonyl (C=O) groups is 1. The molecule has 3 heterocycles. The van der Waals surface area contributed by atoms with Crippen LogP contribution in [0.3, 0.4) is 0 Å². The number of quaternary nitrogens is 1. The van der Waals surface area contributed by atoms with Crippen molar-refractivity contribution in [3.8, 4) is 11.3 Å². The van der Waals surface area contributed by atoms with E-state index in [9.17, 15) is 18.6 Å². The summed E-state index contributed by atoms with van der Waals surface area (Å²) in [5.41, 5.74) is 6.93. The van der Waals surface area contributed by atoms with Gasteiger partial charge in [0.25, 0.3) is 0 Å². The second-order valence-electron chi connectivity index (χ2n) is 10.2. The van der Waals surface area contributed by atoms with E-state index in [-0.39, 0.29) is 68.9 Å². The van der Waals surface area contributed by atoms with Crippen molar-refractivity contribution >= 4 is 52.5 Å². The molecule has 0 radical (unpaired) electrons. The van der Waals surface area contributed by atoms with E-state index in [2.05, 4.69) is 25.9 Å². The van der Waals surface area contributed by atoms with Gasteiger partial charge in [-0.25, -0.2) is 18.6 Å². The van der Waals surface area contributed by atoms with Crippen LogP contribution in [-0.4, -0.2) is 65.9 Å². The number of thiol groups is 1. The molecule has 1 aliphatic heterocycles. The number of amidine groups is 1. The van der Waals surface area contributed by atoms with E-state index < -0.39 is 22.7 Å². The Bertz CT molecular complexity index is 1560. The number of piperazine rings is 1. The first-order valence-corrected chi connectivity index (χ1v) is 14.3. The summed E-state index contributed by atoms with van der Waals surface area (Å²) < 4.78 is 31.1. The number of benzene rings is 1. The SMILES string of the molecule is C=CC(=O)N1CC(C)N(/C(=N/[SH]=O)c2cc(Cl)c(-c3ccccc3F)nc2[NH+]([O-])c2c(N)ncnc2C(C)C)CC1C. The Morgan fingerprint density at radius 2 is 1.93 bits per heavy atom. The fourth-order valence-corrected chi connectivity index (χ4v) is 5.58. The third-order valence-electron chi connectivity index (χ3n) is 7.09. The molecular formula is C28H32ClFN8O3S. The van der Waals surface area contributed by atoms with Crippen LogP contribution in [0, 0.1) is 11.0 Å². The topological polar surface area (TPSA) is 145 Å². The molecule has 1 aromatic carbocycles. The average Bonchev–Trinajstić information content (AvgIpc) is 2.96. The molecule has 3 atom stereocenters. The molecule has 2 aromatic heterocycles. The number of anilines is 1. The minimum atomic E-state index is -0.627. The van der Waals surface area contributed by atoms with E-state index >= 15 is 0 Å². The van der Waals surface area contributed by atoms with Crippen molar-refractivity contribution in [2.24, 2.45) is 4.40 Å². The molecule has 1 amide bonds. The number of hydrogen-bond donors (Lipinski definition) is 3. The lowest BCUT2D eigenvalue weighted by Gasteiger charge is -2.45. The summed E-state index contributed by atoms with van der Waals surface area (Å²) in [6.07, 6.45) is 2.53. The van der Waals surface area contributed by atoms with Gasteiger partial charge >= 0.3 is 0 Å². The van der Waals surface area contributed by atoms with E-state index in [1.807, 2.05) is 32.6 Å². The molecule has 3 unspecified atom stereocenters. The van der Waals surface area contributed by atoms with E-state index in [1.165, 1.54) is 36.7 Å². The fourth-order valence-electron chi connectivity index (χ4n) is 5.03. The van der Waals surface area contributed by atoms with Gasteiger partial charge in [-0.2, -0.15) is 9.38 Å². The van der Waals surface area contributed by atoms with Gasteiger partial charge in [0, 0.05) is 36.7 Å². The van der Waals surface area contributed by atoms with Crippen LogP contribution in [0.25, 0.3) is 11.3 Å². The van der Waals surface area contributed by atoms with Crippen molar-refractivity contribution in [3.63, 3.8) is 0 Å². The van der Waals surface area contributed by atoms with Gasteiger partial charge in [-0.15, -0.1) is 0 Å². The van der Waals surface area contributed by atoms with Crippen LogP contribution in [0.5, 0.6) is 0 Å². The lowest BCUT2D eigenvalue weighted by atomic mass is 10.0. The summed E-state index contributed by atoms with van der Waals surface area (Å²) in [4.78, 5) is 28.9. The van der Waals surface area contributed by atoms with Gasteiger partial charge in [0.1, 0.15) is 35.3 Å². The van der Waals surface area contributed by atoms with Gasteiger partial charge < -0.3 is 20.7 Å². The van der Waals surface area contributed by atoms with Gasteiger partial charge in [-0.3, -0.25) is 9.86 Å². The van der Waals surface area contributed by atoms with Crippen LogP contribution < -0.4 is 10.8 Å². The number of hydrogen-bond acceptors (Lipinski definition) is 7. The van der Waals surface area contributed by atoms with Crippen LogP contribution in [0.1, 0.15) is 44.9 Å². The Morgan fingerprint density at radius 3 is 2.57 bits per heavy atom. The molecule has 0 bridgehead atoms. The molecule has 14 heteroatoms. The van der Waals surface area contributed by atoms with Gasteiger partial charge in [-0.1, -0.05) is 44.2 Å². The highest BCUT2D eigenvalue weighted by molar-refractivity contribution is 7.64. The number of nitrogens with two attached hydrogens (primary N) is 1. The van der Waals surface area contributed by atoms with Crippen LogP contribution in [0.2, 0.25) is 5.02 Å². The largest absolute Gasteiger partial charge is 0.622 e. The monoisotopic (exact) mass is 614 g/mol. The maximum Gasteiger partial charge on any atom is 0.246 e. The summed E-state index contributed by atoms with van der Waals surface area (Å²) >= 11 is 6.11. The van der Waals surface area contributed by atoms with E-state index in [0.29, 0.717) is 18.8 Å². The van der Waals surface area contributed by atoms with Crippen molar-refractivity contribution < 1.29 is 18.5 Å². The lowest BCUT2D eigenvalue weighted by Crippen LogP contribution is -2.97. The highest BCUT2D eigenvalue weighted by atomic mass is 35.5. The van der Waals surface area contributed by atoms with E-state index in [0.717, 1.165) is 0 Å². The van der Waals surface area contributed by atoms with Crippen molar-refractivity contribution in [3.05, 3.63) is 76.6 Å². The Morgan fingerprint density at radius 1 is 1.26 bits per heavy atom. The van der Waals surface area contributed by atoms with Crippen LogP contribution >= 0.6 is 11.6 Å². The first kappa shape index (κ1) is 31.2. The van der Waals surface area contributed by atoms with Crippen LogP contribution in [-0.2, 0) is 16.6 Å². The Kier molecular flexibility index (Phi) is 9.67. The second-order valence-corrected chi connectivity index (χ2v) is 11.0. The van der Waals surface area contributed by atoms with Crippen molar-refractivity contribution in [1.82, 2.24) is 24.8 Å². The lowest BCUT2D eigenvalue weighted by molar-refractivity contribution is -0.701. The number of nitrogens with one attached hydrogen (secondary N) is 1. The summed E-state index contributed by atoms with van der Waals surface area (Å²) in [6.45, 7) is 11.6. The molecule has 222 valence electrons. The molecule has 1 saturated heterocycles. The van der Waals surface area contributed by atoms with E-state index in [4.69, 9.17) is 17.3 Å². The minimum Gasteiger partial charge on any atom is -0.622 e. The van der Waals surface area contributed by atoms with Crippen molar-refractivity contribution in [1.29, 1.82) is 0 Å². The van der Waals surface area contributed by atoms with Crippen LogP contribution in [0.15, 0.2) is 53.7 Å². The molecule has 0 aliphatic carbocycles. The minimum absolute atomic E-state index is 0.0326. The highest BCUT2D eigenvalue weighted by Gasteiger charge is 2.36. The number of aromatic nitrogens is 3. The maximum atomic E-state index is 14.9. The summed E-state index contributed by atoms with van der Waals surface area (Å²) in [7, 11) is 0. The quantitative estimate of drug-likeness (QED) is 0.121. The number of rotatable bonds is 7. The molecular weight excluding hydrogens is 583 g/mol. The maximum absolute atomic E-state index is 14.9. The molecule has 3 aromatic rings. The normalized spacial score (nSPS) is 18.3. The molecule has 1 fully saturated rings. The second kappa shape index (κ2) is 13.0. The average molecular weight is 615 g/mol. The first-order valence-electron chi connectivity index (χ1n) is 13.2. The zero-order valence-corrected chi connectivity index (χ0v) is 25.2. The number of amides is 1. The Labute approximate surface area is 252 Å². The summed E-state index contributed by atoms with van der Waals surface area (Å²) in [6, 6.07) is 6.80. The molecule has 11 nitrogen and oxygen atoms in total. The van der Waals surface area contributed by atoms with Crippen LogP contribution in [0.4, 0.5) is 21.7 Å². The van der Waals surface area contributed by atoms with Crippen molar-refractivity contribution in [2.45, 2.75) is 45.7 Å². The predicted molar refractivity (Wildman–Crippen MR) is 162 cm³/mol. The van der Waals surface area contributed by atoms with Crippen molar-refractivity contribution in [2.75, 3.05) is 18.8 Å². The van der Waals surface area contributed by atoms with Gasteiger partial charge in [0.2, 0.25) is 17.4 Å². The number of halogens is 2. The molecule has 4 rings (SSSR count). The zero-order chi connectivity index (χ0) is 30.7. The predicted octanol–water partition coefficient (Wildman–Crippen LogP) is 3.10. The standard InChI is InChI=1S/C28H32ClFN8O3S/c1-6-22(39)36-12-17(5)37(13-16(36)4)28(35-42-41)19-11-20(29)24(18-9-7-8-10-21(18)30)34-27(19)38(40)25-23(15(2)3)32-14-33-26(25)31/h6-11,14-17,38,42H,1,12-13H2,2-5H3,(H2,31,32,33)/b35-28+. The van der Waals surface area contributed by atoms with Gasteiger partial charge in [0.05, 0.1) is 10.7 Å². The third kappa shape index (κ3) is 6.04.